The number of rotatable bonds is 1. The second kappa shape index (κ2) is 4.14. The van der Waals surface area contributed by atoms with Crippen molar-refractivity contribution in [2.75, 3.05) is 0 Å². The van der Waals surface area contributed by atoms with Gasteiger partial charge >= 0.3 is 6.18 Å². The Morgan fingerprint density at radius 3 is 2.37 bits per heavy atom. The van der Waals surface area contributed by atoms with E-state index in [1.807, 2.05) is 20.8 Å². The molecule has 2 heterocycles. The Kier molecular flexibility index (Phi) is 2.98. The second-order valence-corrected chi connectivity index (χ2v) is 5.21. The van der Waals surface area contributed by atoms with Crippen molar-refractivity contribution in [1.29, 1.82) is 0 Å². The lowest BCUT2D eigenvalue weighted by molar-refractivity contribution is -0.183. The van der Waals surface area contributed by atoms with Crippen LogP contribution in [0.15, 0.2) is 12.4 Å². The molecule has 1 atom stereocenters. The normalized spacial score (nSPS) is 14.9. The molecule has 4 nitrogen and oxygen atoms in total. The highest BCUT2D eigenvalue weighted by atomic mass is 19.4. The van der Waals surface area contributed by atoms with E-state index in [-0.39, 0.29) is 11.1 Å². The summed E-state index contributed by atoms with van der Waals surface area (Å²) < 4.78 is 51.2. The molecule has 0 aliphatic heterocycles. The van der Waals surface area contributed by atoms with Crippen LogP contribution in [0.2, 0.25) is 0 Å². The maximum Gasteiger partial charge on any atom is 0.425 e. The third-order valence-corrected chi connectivity index (χ3v) is 2.47. The van der Waals surface area contributed by atoms with Crippen molar-refractivity contribution < 1.29 is 17.6 Å². The van der Waals surface area contributed by atoms with Crippen LogP contribution in [0.5, 0.6) is 0 Å². The van der Waals surface area contributed by atoms with Gasteiger partial charge in [0, 0.05) is 11.5 Å². The van der Waals surface area contributed by atoms with Crippen LogP contribution in [-0.2, 0) is 5.41 Å². The second-order valence-electron chi connectivity index (χ2n) is 5.21. The Labute approximate surface area is 106 Å². The molecule has 2 rings (SSSR count). The fourth-order valence-electron chi connectivity index (χ4n) is 1.43. The lowest BCUT2D eigenvalue weighted by atomic mass is 9.96. The van der Waals surface area contributed by atoms with E-state index in [1.54, 1.807) is 0 Å². The molecule has 0 saturated heterocycles. The van der Waals surface area contributed by atoms with Crippen molar-refractivity contribution in [2.45, 2.75) is 38.5 Å². The molecule has 0 radical (unpaired) electrons. The molecule has 2 aromatic heterocycles. The molecule has 0 spiro atoms. The highest BCUT2D eigenvalue weighted by Gasteiger charge is 2.42. The Bertz CT molecular complexity index is 597. The molecule has 0 aliphatic rings. The van der Waals surface area contributed by atoms with Crippen LogP contribution < -0.4 is 0 Å². The van der Waals surface area contributed by atoms with Crippen molar-refractivity contribution in [3.63, 3.8) is 0 Å². The van der Waals surface area contributed by atoms with Gasteiger partial charge in [0.1, 0.15) is 6.33 Å². The van der Waals surface area contributed by atoms with E-state index >= 15 is 0 Å². The van der Waals surface area contributed by atoms with Gasteiger partial charge < -0.3 is 0 Å². The van der Waals surface area contributed by atoms with Gasteiger partial charge in [0.05, 0.1) is 5.69 Å². The minimum Gasteiger partial charge on any atom is -0.238 e. The first kappa shape index (κ1) is 13.7. The predicted molar refractivity (Wildman–Crippen MR) is 59.4 cm³/mol. The first-order chi connectivity index (χ1) is 8.59. The maximum absolute atomic E-state index is 13.2. The number of hydrogen-bond donors (Lipinski definition) is 0. The highest BCUT2D eigenvalue weighted by Crippen LogP contribution is 2.35. The van der Waals surface area contributed by atoms with Crippen molar-refractivity contribution in [1.82, 2.24) is 19.6 Å². The number of halogens is 4. The minimum absolute atomic E-state index is 0.141. The molecule has 8 heteroatoms. The summed E-state index contributed by atoms with van der Waals surface area (Å²) in [6.45, 7) is 5.59. The Morgan fingerprint density at radius 1 is 1.21 bits per heavy atom. The molecule has 0 bridgehead atoms. The van der Waals surface area contributed by atoms with Crippen LogP contribution in [0.4, 0.5) is 17.6 Å². The van der Waals surface area contributed by atoms with Crippen LogP contribution in [0.3, 0.4) is 0 Å². The average Bonchev–Trinajstić information content (AvgIpc) is 2.68. The van der Waals surface area contributed by atoms with Crippen LogP contribution in [0.25, 0.3) is 5.65 Å². The van der Waals surface area contributed by atoms with Gasteiger partial charge in [0.25, 0.3) is 0 Å². The summed E-state index contributed by atoms with van der Waals surface area (Å²) in [5.74, 6) is 0.453. The summed E-state index contributed by atoms with van der Waals surface area (Å²) in [6, 6.07) is 0.959. The van der Waals surface area contributed by atoms with Crippen LogP contribution in [-0.4, -0.2) is 25.8 Å². The van der Waals surface area contributed by atoms with Gasteiger partial charge in [0.15, 0.2) is 11.5 Å². The molecule has 1 unspecified atom stereocenters. The topological polar surface area (TPSA) is 43.1 Å². The molecular weight excluding hydrogens is 264 g/mol. The SMILES string of the molecule is CC(C)(C)c1nc2cc(C(F)C(F)(F)F)ncn2n1. The van der Waals surface area contributed by atoms with Gasteiger partial charge in [-0.2, -0.15) is 13.2 Å². The Hall–Kier alpha value is -1.73. The lowest BCUT2D eigenvalue weighted by Crippen LogP contribution is -2.18. The van der Waals surface area contributed by atoms with Gasteiger partial charge in [-0.3, -0.25) is 0 Å². The average molecular weight is 276 g/mol. The number of fused-ring (bicyclic) bond motifs is 1. The predicted octanol–water partition coefficient (Wildman–Crippen LogP) is 2.99. The van der Waals surface area contributed by atoms with Crippen molar-refractivity contribution in [3.8, 4) is 0 Å². The van der Waals surface area contributed by atoms with Crippen molar-refractivity contribution >= 4 is 5.65 Å². The Morgan fingerprint density at radius 2 is 1.84 bits per heavy atom. The van der Waals surface area contributed by atoms with Crippen LogP contribution >= 0.6 is 0 Å². The van der Waals surface area contributed by atoms with E-state index in [4.69, 9.17) is 0 Å². The molecule has 0 aliphatic carbocycles. The van der Waals surface area contributed by atoms with E-state index in [1.165, 1.54) is 4.52 Å². The summed E-state index contributed by atoms with van der Waals surface area (Å²) in [5, 5.41) is 4.09. The zero-order valence-electron chi connectivity index (χ0n) is 10.5. The van der Waals surface area contributed by atoms with E-state index in [9.17, 15) is 17.6 Å². The molecule has 0 amide bonds. The number of hydrogen-bond acceptors (Lipinski definition) is 3. The minimum atomic E-state index is -4.97. The summed E-state index contributed by atoms with van der Waals surface area (Å²) in [6.07, 6.45) is -7.06. The highest BCUT2D eigenvalue weighted by molar-refractivity contribution is 5.39. The number of nitrogens with zero attached hydrogens (tertiary/aromatic N) is 4. The lowest BCUT2D eigenvalue weighted by Gasteiger charge is -2.11. The van der Waals surface area contributed by atoms with Gasteiger partial charge in [-0.15, -0.1) is 5.10 Å². The van der Waals surface area contributed by atoms with Gasteiger partial charge in [-0.1, -0.05) is 20.8 Å². The van der Waals surface area contributed by atoms with Gasteiger partial charge in [-0.05, 0) is 0 Å². The fourth-order valence-corrected chi connectivity index (χ4v) is 1.43. The number of aromatic nitrogens is 4. The number of alkyl halides is 4. The summed E-state index contributed by atoms with van der Waals surface area (Å²) in [7, 11) is 0. The smallest absolute Gasteiger partial charge is 0.238 e. The molecule has 104 valence electrons. The molecule has 0 aromatic carbocycles. The van der Waals surface area contributed by atoms with Crippen LogP contribution in [0.1, 0.15) is 38.5 Å². The van der Waals surface area contributed by atoms with Gasteiger partial charge in [-0.25, -0.2) is 18.9 Å². The third kappa shape index (κ3) is 2.66. The first-order valence-electron chi connectivity index (χ1n) is 5.52. The van der Waals surface area contributed by atoms with E-state index < -0.39 is 18.0 Å². The molecule has 2 aromatic rings. The first-order valence-corrected chi connectivity index (χ1v) is 5.52. The van der Waals surface area contributed by atoms with Crippen molar-refractivity contribution in [3.05, 3.63) is 23.9 Å². The quantitative estimate of drug-likeness (QED) is 0.752. The largest absolute Gasteiger partial charge is 0.425 e. The third-order valence-electron chi connectivity index (χ3n) is 2.47. The molecular formula is C11H12F4N4. The summed E-state index contributed by atoms with van der Waals surface area (Å²) in [4.78, 5) is 7.52. The van der Waals surface area contributed by atoms with Crippen LogP contribution in [0, 0.1) is 0 Å². The standard InChI is InChI=1S/C11H12F4N4/c1-10(2,3)9-17-7-4-6(8(12)11(13,14)15)16-5-19(7)18-9/h4-5,8H,1-3H3. The molecule has 19 heavy (non-hydrogen) atoms. The zero-order chi connectivity index (χ0) is 14.4. The zero-order valence-corrected chi connectivity index (χ0v) is 10.5. The summed E-state index contributed by atoms with van der Waals surface area (Å²) >= 11 is 0. The monoisotopic (exact) mass is 276 g/mol. The van der Waals surface area contributed by atoms with E-state index in [0.29, 0.717) is 5.82 Å². The van der Waals surface area contributed by atoms with Crippen molar-refractivity contribution in [2.24, 2.45) is 0 Å². The maximum atomic E-state index is 13.2. The fraction of sp³-hybridized carbons (Fsp3) is 0.545. The van der Waals surface area contributed by atoms with E-state index in [0.717, 1.165) is 12.4 Å². The summed E-state index contributed by atoms with van der Waals surface area (Å²) in [5.41, 5.74) is -0.930. The Balaban J connectivity index is 2.47. The molecule has 0 saturated carbocycles. The molecule has 0 N–H and O–H groups in total. The molecule has 0 fully saturated rings. The van der Waals surface area contributed by atoms with E-state index in [2.05, 4.69) is 15.1 Å². The van der Waals surface area contributed by atoms with Gasteiger partial charge in [0.2, 0.25) is 6.17 Å².